The van der Waals surface area contributed by atoms with Crippen molar-refractivity contribution in [3.63, 3.8) is 0 Å². The van der Waals surface area contributed by atoms with Crippen LogP contribution in [0.3, 0.4) is 0 Å². The van der Waals surface area contributed by atoms with Crippen LogP contribution >= 0.6 is 0 Å². The monoisotopic (exact) mass is 221 g/mol. The number of fused-ring (bicyclic) bond motifs is 1. The fourth-order valence-electron chi connectivity index (χ4n) is 1.88. The molecule has 1 heterocycles. The molecule has 0 bridgehead atoms. The third kappa shape index (κ3) is 2.42. The first kappa shape index (κ1) is 11.1. The van der Waals surface area contributed by atoms with Gasteiger partial charge in [-0.05, 0) is 30.7 Å². The average molecular weight is 221 g/mol. The second-order valence-electron chi connectivity index (χ2n) is 3.91. The summed E-state index contributed by atoms with van der Waals surface area (Å²) in [5.74, 6) is 0. The van der Waals surface area contributed by atoms with Crippen molar-refractivity contribution in [2.45, 2.75) is 19.4 Å². The molecule has 0 saturated heterocycles. The van der Waals surface area contributed by atoms with E-state index in [1.165, 1.54) is 0 Å². The van der Waals surface area contributed by atoms with Gasteiger partial charge in [-0.1, -0.05) is 19.1 Å². The summed E-state index contributed by atoms with van der Waals surface area (Å²) in [6.07, 6.45) is 2.37. The van der Waals surface area contributed by atoms with E-state index in [1.54, 1.807) is 6.26 Å². The smallest absolute Gasteiger partial charge is 0.134 e. The summed E-state index contributed by atoms with van der Waals surface area (Å²) < 4.78 is 18.0. The van der Waals surface area contributed by atoms with Crippen molar-refractivity contribution < 1.29 is 8.81 Å². The van der Waals surface area contributed by atoms with Gasteiger partial charge in [0.1, 0.15) is 12.3 Å². The molecule has 2 rings (SSSR count). The number of benzene rings is 1. The first-order chi connectivity index (χ1) is 7.83. The summed E-state index contributed by atoms with van der Waals surface area (Å²) >= 11 is 0. The second-order valence-corrected chi connectivity index (χ2v) is 3.91. The van der Waals surface area contributed by atoms with Crippen LogP contribution in [0.2, 0.25) is 0 Å². The maximum absolute atomic E-state index is 12.7. The Morgan fingerprint density at radius 3 is 3.00 bits per heavy atom. The van der Waals surface area contributed by atoms with Crippen molar-refractivity contribution in [3.05, 3.63) is 36.1 Å². The van der Waals surface area contributed by atoms with Crippen molar-refractivity contribution in [2.24, 2.45) is 0 Å². The second kappa shape index (κ2) is 5.12. The third-order valence-corrected chi connectivity index (χ3v) is 2.68. The largest absolute Gasteiger partial charge is 0.464 e. The van der Waals surface area contributed by atoms with Crippen LogP contribution in [-0.2, 0) is 6.42 Å². The Kier molecular flexibility index (Phi) is 3.57. The van der Waals surface area contributed by atoms with Gasteiger partial charge in [-0.25, -0.2) is 4.39 Å². The molecule has 0 aliphatic carbocycles. The highest BCUT2D eigenvalue weighted by Gasteiger charge is 2.08. The van der Waals surface area contributed by atoms with E-state index in [-0.39, 0.29) is 12.7 Å². The van der Waals surface area contributed by atoms with Gasteiger partial charge >= 0.3 is 0 Å². The maximum atomic E-state index is 12.7. The van der Waals surface area contributed by atoms with Gasteiger partial charge in [0.15, 0.2) is 0 Å². The highest BCUT2D eigenvalue weighted by atomic mass is 19.1. The lowest BCUT2D eigenvalue weighted by molar-refractivity contribution is 0.377. The highest BCUT2D eigenvalue weighted by molar-refractivity contribution is 5.77. The van der Waals surface area contributed by atoms with Crippen molar-refractivity contribution >= 4 is 11.0 Å². The Bertz CT molecular complexity index is 452. The maximum Gasteiger partial charge on any atom is 0.134 e. The van der Waals surface area contributed by atoms with Gasteiger partial charge < -0.3 is 9.73 Å². The SMILES string of the molecule is CCNC(CF)Cc1ccc2ccoc2c1. The quantitative estimate of drug-likeness (QED) is 0.839. The van der Waals surface area contributed by atoms with Gasteiger partial charge in [0, 0.05) is 11.4 Å². The molecule has 1 atom stereocenters. The zero-order chi connectivity index (χ0) is 11.4. The number of nitrogens with one attached hydrogen (secondary N) is 1. The molecule has 1 unspecified atom stereocenters. The fourth-order valence-corrected chi connectivity index (χ4v) is 1.88. The molecule has 2 aromatic rings. The van der Waals surface area contributed by atoms with E-state index in [9.17, 15) is 4.39 Å². The van der Waals surface area contributed by atoms with Crippen LogP contribution in [0, 0.1) is 0 Å². The van der Waals surface area contributed by atoms with Gasteiger partial charge in [-0.2, -0.15) is 0 Å². The number of alkyl halides is 1. The van der Waals surface area contributed by atoms with Crippen molar-refractivity contribution in [1.82, 2.24) is 5.32 Å². The molecule has 0 fully saturated rings. The van der Waals surface area contributed by atoms with E-state index < -0.39 is 0 Å². The molecule has 0 amide bonds. The highest BCUT2D eigenvalue weighted by Crippen LogP contribution is 2.17. The number of halogens is 1. The lowest BCUT2D eigenvalue weighted by Gasteiger charge is -2.13. The molecule has 0 aliphatic rings. The summed E-state index contributed by atoms with van der Waals surface area (Å²) in [6, 6.07) is 7.84. The normalized spacial score (nSPS) is 13.1. The first-order valence-electron chi connectivity index (χ1n) is 5.59. The van der Waals surface area contributed by atoms with E-state index in [0.29, 0.717) is 6.42 Å². The molecule has 0 saturated carbocycles. The van der Waals surface area contributed by atoms with Crippen LogP contribution in [0.15, 0.2) is 34.9 Å². The molecular weight excluding hydrogens is 205 g/mol. The van der Waals surface area contributed by atoms with E-state index >= 15 is 0 Å². The molecule has 16 heavy (non-hydrogen) atoms. The molecular formula is C13H16FNO. The Labute approximate surface area is 94.4 Å². The molecule has 0 aliphatic heterocycles. The predicted molar refractivity (Wildman–Crippen MR) is 63.4 cm³/mol. The minimum Gasteiger partial charge on any atom is -0.464 e. The van der Waals surface area contributed by atoms with E-state index in [1.807, 2.05) is 31.2 Å². The van der Waals surface area contributed by atoms with Gasteiger partial charge in [-0.3, -0.25) is 0 Å². The molecule has 86 valence electrons. The van der Waals surface area contributed by atoms with E-state index in [4.69, 9.17) is 4.42 Å². The zero-order valence-corrected chi connectivity index (χ0v) is 9.37. The Morgan fingerprint density at radius 1 is 1.38 bits per heavy atom. The number of rotatable bonds is 5. The van der Waals surface area contributed by atoms with Crippen molar-refractivity contribution in [2.75, 3.05) is 13.2 Å². The van der Waals surface area contributed by atoms with E-state index in [2.05, 4.69) is 5.32 Å². The summed E-state index contributed by atoms with van der Waals surface area (Å²) in [5, 5.41) is 4.20. The fraction of sp³-hybridized carbons (Fsp3) is 0.385. The molecule has 2 nitrogen and oxygen atoms in total. The molecule has 3 heteroatoms. The first-order valence-corrected chi connectivity index (χ1v) is 5.59. The molecule has 1 aromatic carbocycles. The van der Waals surface area contributed by atoms with Crippen LogP contribution in [0.1, 0.15) is 12.5 Å². The Morgan fingerprint density at radius 2 is 2.25 bits per heavy atom. The van der Waals surface area contributed by atoms with Crippen LogP contribution in [-0.4, -0.2) is 19.3 Å². The topological polar surface area (TPSA) is 25.2 Å². The van der Waals surface area contributed by atoms with Crippen molar-refractivity contribution in [3.8, 4) is 0 Å². The Balaban J connectivity index is 2.13. The standard InChI is InChI=1S/C13H16FNO/c1-2-15-12(9-14)7-10-3-4-11-5-6-16-13(11)8-10/h3-6,8,12,15H,2,7,9H2,1H3. The number of likely N-dealkylation sites (N-methyl/N-ethyl adjacent to an activating group) is 1. The number of furan rings is 1. The summed E-state index contributed by atoms with van der Waals surface area (Å²) in [5.41, 5.74) is 1.97. The van der Waals surface area contributed by atoms with Crippen LogP contribution in [0.25, 0.3) is 11.0 Å². The minimum absolute atomic E-state index is 0.0996. The average Bonchev–Trinajstić information content (AvgIpc) is 2.75. The summed E-state index contributed by atoms with van der Waals surface area (Å²) in [4.78, 5) is 0. The van der Waals surface area contributed by atoms with Crippen LogP contribution in [0.5, 0.6) is 0 Å². The van der Waals surface area contributed by atoms with Gasteiger partial charge in [-0.15, -0.1) is 0 Å². The molecule has 1 aromatic heterocycles. The summed E-state index contributed by atoms with van der Waals surface area (Å²) in [6.45, 7) is 2.43. The number of hydrogen-bond acceptors (Lipinski definition) is 2. The lowest BCUT2D eigenvalue weighted by atomic mass is 10.1. The predicted octanol–water partition coefficient (Wildman–Crippen LogP) is 2.92. The van der Waals surface area contributed by atoms with Crippen LogP contribution < -0.4 is 5.32 Å². The van der Waals surface area contributed by atoms with Crippen LogP contribution in [0.4, 0.5) is 4.39 Å². The lowest BCUT2D eigenvalue weighted by Crippen LogP contribution is -2.32. The zero-order valence-electron chi connectivity index (χ0n) is 9.37. The third-order valence-electron chi connectivity index (χ3n) is 2.68. The number of hydrogen-bond donors (Lipinski definition) is 1. The molecule has 0 radical (unpaired) electrons. The van der Waals surface area contributed by atoms with E-state index in [0.717, 1.165) is 23.1 Å². The Hall–Kier alpha value is -1.35. The summed E-state index contributed by atoms with van der Waals surface area (Å²) in [7, 11) is 0. The molecule has 0 spiro atoms. The van der Waals surface area contributed by atoms with Gasteiger partial charge in [0.25, 0.3) is 0 Å². The minimum atomic E-state index is -0.343. The van der Waals surface area contributed by atoms with Crippen molar-refractivity contribution in [1.29, 1.82) is 0 Å². The molecule has 1 N–H and O–H groups in total. The van der Waals surface area contributed by atoms with Gasteiger partial charge in [0.05, 0.1) is 6.26 Å². The van der Waals surface area contributed by atoms with Gasteiger partial charge in [0.2, 0.25) is 0 Å².